The topological polar surface area (TPSA) is 34.1 Å². The summed E-state index contributed by atoms with van der Waals surface area (Å²) in [6.07, 6.45) is 3.87. The van der Waals surface area contributed by atoms with Crippen LogP contribution in [0.4, 0.5) is 4.39 Å². The number of halogens is 1. The monoisotopic (exact) mass is 254 g/mol. The quantitative estimate of drug-likeness (QED) is 0.724. The van der Waals surface area contributed by atoms with Gasteiger partial charge in [-0.3, -0.25) is 4.98 Å². The number of ether oxygens (including phenoxy) is 1. The number of hydrogen-bond acceptors (Lipinski definition) is 3. The zero-order valence-corrected chi connectivity index (χ0v) is 11.4. The van der Waals surface area contributed by atoms with E-state index in [-0.39, 0.29) is 11.9 Å². The summed E-state index contributed by atoms with van der Waals surface area (Å²) in [6.45, 7) is 8.71. The van der Waals surface area contributed by atoms with Crippen molar-refractivity contribution in [3.05, 3.63) is 29.8 Å². The van der Waals surface area contributed by atoms with Crippen molar-refractivity contribution in [3.8, 4) is 0 Å². The summed E-state index contributed by atoms with van der Waals surface area (Å²) in [5, 5.41) is 3.33. The van der Waals surface area contributed by atoms with Gasteiger partial charge < -0.3 is 10.1 Å². The first-order valence-corrected chi connectivity index (χ1v) is 6.51. The first kappa shape index (κ1) is 15.1. The van der Waals surface area contributed by atoms with Crippen molar-refractivity contribution < 1.29 is 9.13 Å². The molecule has 1 aromatic heterocycles. The zero-order valence-electron chi connectivity index (χ0n) is 11.4. The Kier molecular flexibility index (Phi) is 6.83. The normalized spacial score (nSPS) is 12.9. The molecule has 1 unspecified atom stereocenters. The van der Waals surface area contributed by atoms with Gasteiger partial charge in [0.2, 0.25) is 0 Å². The Morgan fingerprint density at radius 3 is 2.78 bits per heavy atom. The fourth-order valence-electron chi connectivity index (χ4n) is 1.59. The SMILES string of the molecule is CC(C)COCCCNC(C)c1cncc(F)c1. The highest BCUT2D eigenvalue weighted by atomic mass is 19.1. The minimum absolute atomic E-state index is 0.110. The highest BCUT2D eigenvalue weighted by molar-refractivity contribution is 5.14. The van der Waals surface area contributed by atoms with Crippen molar-refractivity contribution in [2.45, 2.75) is 33.2 Å². The summed E-state index contributed by atoms with van der Waals surface area (Å²) < 4.78 is 18.5. The molecule has 1 N–H and O–H groups in total. The van der Waals surface area contributed by atoms with Crippen LogP contribution in [0.2, 0.25) is 0 Å². The van der Waals surface area contributed by atoms with E-state index in [1.165, 1.54) is 12.3 Å². The number of nitrogens with one attached hydrogen (secondary N) is 1. The minimum atomic E-state index is -0.290. The third-order valence-corrected chi connectivity index (χ3v) is 2.59. The number of pyridine rings is 1. The van der Waals surface area contributed by atoms with Gasteiger partial charge in [0.05, 0.1) is 6.20 Å². The number of nitrogens with zero attached hydrogens (tertiary/aromatic N) is 1. The van der Waals surface area contributed by atoms with Crippen LogP contribution in [-0.2, 0) is 4.74 Å². The number of aromatic nitrogens is 1. The molecule has 0 aliphatic carbocycles. The van der Waals surface area contributed by atoms with Crippen LogP contribution in [-0.4, -0.2) is 24.7 Å². The molecule has 0 aromatic carbocycles. The Morgan fingerprint density at radius 1 is 1.33 bits per heavy atom. The summed E-state index contributed by atoms with van der Waals surface area (Å²) in [5.74, 6) is 0.289. The lowest BCUT2D eigenvalue weighted by Gasteiger charge is -2.14. The smallest absolute Gasteiger partial charge is 0.141 e. The molecule has 4 heteroatoms. The van der Waals surface area contributed by atoms with Crippen molar-refractivity contribution in [2.24, 2.45) is 5.92 Å². The molecule has 0 saturated heterocycles. The van der Waals surface area contributed by atoms with Gasteiger partial charge in [-0.05, 0) is 37.4 Å². The van der Waals surface area contributed by atoms with Gasteiger partial charge in [-0.15, -0.1) is 0 Å². The third kappa shape index (κ3) is 6.07. The van der Waals surface area contributed by atoms with Gasteiger partial charge in [0, 0.05) is 25.5 Å². The van der Waals surface area contributed by atoms with Crippen LogP contribution >= 0.6 is 0 Å². The van der Waals surface area contributed by atoms with E-state index in [1.807, 2.05) is 6.92 Å². The minimum Gasteiger partial charge on any atom is -0.381 e. The van der Waals surface area contributed by atoms with Gasteiger partial charge >= 0.3 is 0 Å². The number of hydrogen-bond donors (Lipinski definition) is 1. The summed E-state index contributed by atoms with van der Waals surface area (Å²) in [6, 6.07) is 1.62. The van der Waals surface area contributed by atoms with Crippen molar-refractivity contribution >= 4 is 0 Å². The molecule has 18 heavy (non-hydrogen) atoms. The second-order valence-electron chi connectivity index (χ2n) is 4.93. The highest BCUT2D eigenvalue weighted by Crippen LogP contribution is 2.11. The van der Waals surface area contributed by atoms with E-state index in [4.69, 9.17) is 4.74 Å². The Balaban J connectivity index is 2.15. The molecule has 0 bridgehead atoms. The zero-order chi connectivity index (χ0) is 13.4. The maximum Gasteiger partial charge on any atom is 0.141 e. The van der Waals surface area contributed by atoms with Crippen molar-refractivity contribution in [2.75, 3.05) is 19.8 Å². The van der Waals surface area contributed by atoms with E-state index >= 15 is 0 Å². The fourth-order valence-corrected chi connectivity index (χ4v) is 1.59. The molecule has 0 saturated carbocycles. The Bertz CT molecular complexity index is 344. The van der Waals surface area contributed by atoms with E-state index in [0.717, 1.165) is 31.7 Å². The number of rotatable bonds is 8. The molecule has 1 atom stereocenters. The van der Waals surface area contributed by atoms with Crippen molar-refractivity contribution in [3.63, 3.8) is 0 Å². The molecule has 0 amide bonds. The third-order valence-electron chi connectivity index (χ3n) is 2.59. The molecule has 1 heterocycles. The molecule has 102 valence electrons. The van der Waals surface area contributed by atoms with Crippen LogP contribution in [0.15, 0.2) is 18.5 Å². The van der Waals surface area contributed by atoms with Crippen molar-refractivity contribution in [1.29, 1.82) is 0 Å². The van der Waals surface area contributed by atoms with E-state index < -0.39 is 0 Å². The average molecular weight is 254 g/mol. The summed E-state index contributed by atoms with van der Waals surface area (Å²) >= 11 is 0. The van der Waals surface area contributed by atoms with Crippen LogP contribution in [0.3, 0.4) is 0 Å². The van der Waals surface area contributed by atoms with Gasteiger partial charge in [0.1, 0.15) is 5.82 Å². The summed E-state index contributed by atoms with van der Waals surface area (Å²) in [7, 11) is 0. The van der Waals surface area contributed by atoms with Crippen LogP contribution in [0.1, 0.15) is 38.8 Å². The summed E-state index contributed by atoms with van der Waals surface area (Å²) in [5.41, 5.74) is 0.873. The molecule has 3 nitrogen and oxygen atoms in total. The van der Waals surface area contributed by atoms with Crippen molar-refractivity contribution in [1.82, 2.24) is 10.3 Å². The van der Waals surface area contributed by atoms with Crippen LogP contribution < -0.4 is 5.32 Å². The molecular formula is C14H23FN2O. The molecule has 0 radical (unpaired) electrons. The van der Waals surface area contributed by atoms with Gasteiger partial charge in [-0.1, -0.05) is 13.8 Å². The van der Waals surface area contributed by atoms with Gasteiger partial charge in [0.15, 0.2) is 0 Å². The van der Waals surface area contributed by atoms with Crippen LogP contribution in [0, 0.1) is 11.7 Å². The predicted octanol–water partition coefficient (Wildman–Crippen LogP) is 2.93. The highest BCUT2D eigenvalue weighted by Gasteiger charge is 2.05. The largest absolute Gasteiger partial charge is 0.381 e. The molecule has 1 aromatic rings. The standard InChI is InChI=1S/C14H23FN2O/c1-11(2)10-18-6-4-5-17-12(3)13-7-14(15)9-16-8-13/h7-9,11-12,17H,4-6,10H2,1-3H3. The van der Waals surface area contributed by atoms with E-state index in [9.17, 15) is 4.39 Å². The van der Waals surface area contributed by atoms with E-state index in [0.29, 0.717) is 5.92 Å². The molecular weight excluding hydrogens is 231 g/mol. The molecule has 0 spiro atoms. The van der Waals surface area contributed by atoms with Gasteiger partial charge in [0.25, 0.3) is 0 Å². The lowest BCUT2D eigenvalue weighted by atomic mass is 10.1. The van der Waals surface area contributed by atoms with Crippen LogP contribution in [0.25, 0.3) is 0 Å². The fraction of sp³-hybridized carbons (Fsp3) is 0.643. The average Bonchev–Trinajstić information content (AvgIpc) is 2.33. The Hall–Kier alpha value is -1.00. The Morgan fingerprint density at radius 2 is 2.11 bits per heavy atom. The van der Waals surface area contributed by atoms with Gasteiger partial charge in [-0.25, -0.2) is 4.39 Å². The lowest BCUT2D eigenvalue weighted by Crippen LogP contribution is -2.21. The maximum absolute atomic E-state index is 13.0. The summed E-state index contributed by atoms with van der Waals surface area (Å²) in [4.78, 5) is 3.84. The molecule has 0 aliphatic heterocycles. The van der Waals surface area contributed by atoms with Gasteiger partial charge in [-0.2, -0.15) is 0 Å². The second kappa shape index (κ2) is 8.16. The molecule has 0 fully saturated rings. The Labute approximate surface area is 109 Å². The lowest BCUT2D eigenvalue weighted by molar-refractivity contribution is 0.107. The maximum atomic E-state index is 13.0. The van der Waals surface area contributed by atoms with E-state index in [2.05, 4.69) is 24.1 Å². The second-order valence-corrected chi connectivity index (χ2v) is 4.93. The predicted molar refractivity (Wildman–Crippen MR) is 70.9 cm³/mol. The van der Waals surface area contributed by atoms with Crippen LogP contribution in [0.5, 0.6) is 0 Å². The first-order valence-electron chi connectivity index (χ1n) is 6.51. The van der Waals surface area contributed by atoms with E-state index in [1.54, 1.807) is 6.20 Å². The molecule has 1 rings (SSSR count). The molecule has 0 aliphatic rings. The first-order chi connectivity index (χ1) is 8.59.